The maximum Gasteiger partial charge on any atom is 0.195 e. The van der Waals surface area contributed by atoms with E-state index in [2.05, 4.69) is 12.1 Å². The van der Waals surface area contributed by atoms with Crippen molar-refractivity contribution in [2.75, 3.05) is 0 Å². The first-order valence-electron chi connectivity index (χ1n) is 9.38. The van der Waals surface area contributed by atoms with Crippen molar-refractivity contribution in [3.63, 3.8) is 0 Å². The zero-order chi connectivity index (χ0) is 21.7. The highest BCUT2D eigenvalue weighted by Crippen LogP contribution is 2.40. The number of carbonyl (C=O) groups is 2. The first kappa shape index (κ1) is 19.2. The third-order valence-electron chi connectivity index (χ3n) is 5.96. The van der Waals surface area contributed by atoms with Gasteiger partial charge in [0.1, 0.15) is 23.5 Å². The van der Waals surface area contributed by atoms with E-state index in [1.165, 1.54) is 0 Å². The van der Waals surface area contributed by atoms with E-state index < -0.39 is 0 Å². The van der Waals surface area contributed by atoms with Gasteiger partial charge in [0.2, 0.25) is 0 Å². The van der Waals surface area contributed by atoms with Crippen LogP contribution in [0.4, 0.5) is 0 Å². The van der Waals surface area contributed by atoms with Crippen LogP contribution in [0.25, 0.3) is 11.1 Å². The Morgan fingerprint density at radius 3 is 1.37 bits per heavy atom. The standard InChI is InChI=1S/C24H18N4O2/c1-13-19(9-15(11-25)27(13)3)21-22(20-10-16(12-26)28(4)14(20)2)24(30)18-8-6-5-7-17(18)23(21)29/h5-10H,1-4H3. The Morgan fingerprint density at radius 2 is 1.07 bits per heavy atom. The van der Waals surface area contributed by atoms with Crippen LogP contribution in [0.15, 0.2) is 36.4 Å². The van der Waals surface area contributed by atoms with Crippen molar-refractivity contribution in [2.45, 2.75) is 13.8 Å². The fourth-order valence-electron chi connectivity index (χ4n) is 4.01. The van der Waals surface area contributed by atoms with Crippen molar-refractivity contribution < 1.29 is 9.59 Å². The fraction of sp³-hybridized carbons (Fsp3) is 0.167. The Labute approximate surface area is 173 Å². The molecule has 6 heteroatoms. The molecule has 0 radical (unpaired) electrons. The lowest BCUT2D eigenvalue weighted by molar-refractivity contribution is 0.101. The topological polar surface area (TPSA) is 91.6 Å². The number of nitriles is 2. The largest absolute Gasteiger partial charge is 0.339 e. The summed E-state index contributed by atoms with van der Waals surface area (Å²) in [5.74, 6) is -0.527. The normalized spacial score (nSPS) is 13.3. The molecule has 2 aromatic heterocycles. The first-order chi connectivity index (χ1) is 14.3. The summed E-state index contributed by atoms with van der Waals surface area (Å²) < 4.78 is 3.41. The van der Waals surface area contributed by atoms with Crippen molar-refractivity contribution >= 4 is 22.7 Å². The summed E-state index contributed by atoms with van der Waals surface area (Å²) in [5.41, 5.74) is 4.57. The Bertz CT molecular complexity index is 1280. The van der Waals surface area contributed by atoms with Crippen molar-refractivity contribution in [1.82, 2.24) is 9.13 Å². The smallest absolute Gasteiger partial charge is 0.195 e. The summed E-state index contributed by atoms with van der Waals surface area (Å²) in [6.45, 7) is 3.63. The quantitative estimate of drug-likeness (QED) is 0.662. The number of rotatable bonds is 2. The Morgan fingerprint density at radius 1 is 0.700 bits per heavy atom. The highest BCUT2D eigenvalue weighted by atomic mass is 16.1. The summed E-state index contributed by atoms with van der Waals surface area (Å²) in [4.78, 5) is 27.2. The van der Waals surface area contributed by atoms with Crippen LogP contribution < -0.4 is 0 Å². The summed E-state index contributed by atoms with van der Waals surface area (Å²) in [6, 6.07) is 14.3. The van der Waals surface area contributed by atoms with Crippen LogP contribution >= 0.6 is 0 Å². The molecular formula is C24H18N4O2. The number of Topliss-reactive ketones (excluding diaryl/α,β-unsaturated/α-hetero) is 2. The number of carbonyl (C=O) groups excluding carboxylic acids is 2. The molecule has 0 saturated carbocycles. The maximum absolute atomic E-state index is 13.6. The highest BCUT2D eigenvalue weighted by Gasteiger charge is 2.36. The first-order valence-corrected chi connectivity index (χ1v) is 9.38. The molecule has 1 aliphatic carbocycles. The molecule has 0 bridgehead atoms. The van der Waals surface area contributed by atoms with E-state index in [9.17, 15) is 20.1 Å². The van der Waals surface area contributed by atoms with E-state index in [1.54, 1.807) is 59.6 Å². The molecule has 6 nitrogen and oxygen atoms in total. The zero-order valence-electron chi connectivity index (χ0n) is 17.1. The van der Waals surface area contributed by atoms with E-state index in [0.717, 1.165) is 0 Å². The van der Waals surface area contributed by atoms with Gasteiger partial charge in [0.25, 0.3) is 0 Å². The second-order valence-corrected chi connectivity index (χ2v) is 7.35. The van der Waals surface area contributed by atoms with Gasteiger partial charge in [-0.25, -0.2) is 0 Å². The Hall–Kier alpha value is -4.16. The molecule has 30 heavy (non-hydrogen) atoms. The molecule has 0 aliphatic heterocycles. The molecule has 2 heterocycles. The molecule has 0 atom stereocenters. The molecule has 1 aromatic carbocycles. The lowest BCUT2D eigenvalue weighted by atomic mass is 9.78. The molecule has 0 N–H and O–H groups in total. The van der Waals surface area contributed by atoms with Crippen molar-refractivity contribution in [3.8, 4) is 12.1 Å². The van der Waals surface area contributed by atoms with Gasteiger partial charge in [-0.1, -0.05) is 24.3 Å². The van der Waals surface area contributed by atoms with Crippen LogP contribution in [0.3, 0.4) is 0 Å². The highest BCUT2D eigenvalue weighted by molar-refractivity contribution is 6.52. The second-order valence-electron chi connectivity index (χ2n) is 7.35. The number of fused-ring (bicyclic) bond motifs is 1. The van der Waals surface area contributed by atoms with E-state index >= 15 is 0 Å². The monoisotopic (exact) mass is 394 g/mol. The lowest BCUT2D eigenvalue weighted by Crippen LogP contribution is -2.21. The summed E-state index contributed by atoms with van der Waals surface area (Å²) in [7, 11) is 3.50. The summed E-state index contributed by atoms with van der Waals surface area (Å²) in [5, 5.41) is 18.9. The van der Waals surface area contributed by atoms with Crippen LogP contribution in [-0.2, 0) is 14.1 Å². The van der Waals surface area contributed by atoms with Gasteiger partial charge >= 0.3 is 0 Å². The minimum Gasteiger partial charge on any atom is -0.339 e. The van der Waals surface area contributed by atoms with Crippen LogP contribution in [0, 0.1) is 36.5 Å². The molecule has 146 valence electrons. The molecule has 0 unspecified atom stereocenters. The molecule has 0 spiro atoms. The van der Waals surface area contributed by atoms with Gasteiger partial charge in [-0.3, -0.25) is 9.59 Å². The second kappa shape index (κ2) is 6.72. The Kier molecular flexibility index (Phi) is 4.29. The molecule has 0 saturated heterocycles. The van der Waals surface area contributed by atoms with Crippen molar-refractivity contribution in [2.24, 2.45) is 14.1 Å². The van der Waals surface area contributed by atoms with Gasteiger partial charge in [-0.2, -0.15) is 10.5 Å². The van der Waals surface area contributed by atoms with Gasteiger partial charge in [0, 0.05) is 58.9 Å². The SMILES string of the molecule is Cc1c(C2=C(c3cc(C#N)n(C)c3C)C(=O)c3ccccc3C2=O)cc(C#N)n1C. The number of aromatic nitrogens is 2. The van der Waals surface area contributed by atoms with Crippen molar-refractivity contribution in [1.29, 1.82) is 10.5 Å². The molecule has 3 aromatic rings. The minimum atomic E-state index is -0.264. The number of ketones is 2. The predicted molar refractivity (Wildman–Crippen MR) is 112 cm³/mol. The minimum absolute atomic E-state index is 0.264. The van der Waals surface area contributed by atoms with Crippen LogP contribution in [-0.4, -0.2) is 20.7 Å². The van der Waals surface area contributed by atoms with E-state index in [4.69, 9.17) is 0 Å². The van der Waals surface area contributed by atoms with E-state index in [0.29, 0.717) is 45.0 Å². The van der Waals surface area contributed by atoms with Crippen LogP contribution in [0.5, 0.6) is 0 Å². The van der Waals surface area contributed by atoms with Crippen LogP contribution in [0.2, 0.25) is 0 Å². The molecule has 1 aliphatic rings. The number of hydrogen-bond donors (Lipinski definition) is 0. The van der Waals surface area contributed by atoms with Gasteiger partial charge in [-0.15, -0.1) is 0 Å². The summed E-state index contributed by atoms with van der Waals surface area (Å²) in [6.07, 6.45) is 0. The van der Waals surface area contributed by atoms with Gasteiger partial charge in [-0.05, 0) is 26.0 Å². The predicted octanol–water partition coefficient (Wildman–Crippen LogP) is 3.71. The Balaban J connectivity index is 2.14. The average molecular weight is 394 g/mol. The van der Waals surface area contributed by atoms with Crippen molar-refractivity contribution in [3.05, 3.63) is 81.4 Å². The molecule has 0 fully saturated rings. The average Bonchev–Trinajstić information content (AvgIpc) is 3.20. The number of benzene rings is 1. The van der Waals surface area contributed by atoms with Gasteiger partial charge in [0.05, 0.1) is 0 Å². The third kappa shape index (κ3) is 2.48. The van der Waals surface area contributed by atoms with Gasteiger partial charge in [0.15, 0.2) is 11.6 Å². The van der Waals surface area contributed by atoms with E-state index in [1.807, 2.05) is 13.8 Å². The lowest BCUT2D eigenvalue weighted by Gasteiger charge is -2.21. The zero-order valence-corrected chi connectivity index (χ0v) is 17.1. The number of nitrogens with zero attached hydrogens (tertiary/aromatic N) is 4. The molecule has 0 amide bonds. The molecular weight excluding hydrogens is 376 g/mol. The number of allylic oxidation sites excluding steroid dienone is 2. The van der Waals surface area contributed by atoms with Gasteiger partial charge < -0.3 is 9.13 Å². The van der Waals surface area contributed by atoms with E-state index in [-0.39, 0.29) is 22.7 Å². The number of hydrogen-bond acceptors (Lipinski definition) is 4. The summed E-state index contributed by atoms with van der Waals surface area (Å²) >= 11 is 0. The third-order valence-corrected chi connectivity index (χ3v) is 5.96. The fourth-order valence-corrected chi connectivity index (χ4v) is 4.01. The molecule has 4 rings (SSSR count). The maximum atomic E-state index is 13.6. The van der Waals surface area contributed by atoms with Crippen LogP contribution in [0.1, 0.15) is 54.6 Å².